The minimum Gasteiger partial charge on any atom is -0.481 e. The lowest BCUT2D eigenvalue weighted by Gasteiger charge is -2.23. The fourth-order valence-corrected chi connectivity index (χ4v) is 6.93. The van der Waals surface area contributed by atoms with Crippen molar-refractivity contribution in [3.05, 3.63) is 98.6 Å². The van der Waals surface area contributed by atoms with Crippen LogP contribution in [0.25, 0.3) is 15.8 Å². The number of ether oxygens (including phenoxy) is 1. The van der Waals surface area contributed by atoms with Crippen molar-refractivity contribution in [2.75, 3.05) is 5.32 Å². The molecule has 204 valence electrons. The van der Waals surface area contributed by atoms with Gasteiger partial charge in [0.1, 0.15) is 11.4 Å². The molecule has 3 aliphatic rings. The zero-order valence-corrected chi connectivity index (χ0v) is 23.7. The van der Waals surface area contributed by atoms with E-state index in [9.17, 15) is 14.7 Å². The average molecular weight is 573 g/mol. The fraction of sp³-hybridized carbons (Fsp3) is 0.281. The van der Waals surface area contributed by atoms with E-state index in [1.807, 2.05) is 43.3 Å². The standard InChI is InChI=1S/C32H29ClN2O4S/c1-19-6-15-25-27(35-31(38)39-18-23-4-2-3-5-26(23)33)28(40-29(25)34-19)22-9-7-20(8-10-22)21-11-13-24(14-12-21)32(16-17-32)30(36)37/h2-7,9,11,13,15H,8,10,12,14,16-18H2,1H3,(H,35,38)(H,36,37). The molecule has 0 saturated heterocycles. The van der Waals surface area contributed by atoms with Crippen molar-refractivity contribution < 1.29 is 19.4 Å². The number of thiophene rings is 1. The van der Waals surface area contributed by atoms with Crippen LogP contribution in [0.1, 0.15) is 54.7 Å². The van der Waals surface area contributed by atoms with Crippen LogP contribution in [0.5, 0.6) is 0 Å². The van der Waals surface area contributed by atoms with Crippen LogP contribution < -0.4 is 5.32 Å². The molecule has 3 aromatic rings. The van der Waals surface area contributed by atoms with Gasteiger partial charge in [-0.1, -0.05) is 59.7 Å². The van der Waals surface area contributed by atoms with Crippen LogP contribution in [0.4, 0.5) is 10.5 Å². The zero-order valence-electron chi connectivity index (χ0n) is 22.1. The smallest absolute Gasteiger partial charge is 0.412 e. The summed E-state index contributed by atoms with van der Waals surface area (Å²) in [5, 5.41) is 14.0. The highest BCUT2D eigenvalue weighted by molar-refractivity contribution is 7.20. The van der Waals surface area contributed by atoms with Gasteiger partial charge in [0, 0.05) is 21.7 Å². The summed E-state index contributed by atoms with van der Waals surface area (Å²) in [6.07, 6.45) is 12.8. The first kappa shape index (κ1) is 26.5. The minimum atomic E-state index is -0.690. The lowest BCUT2D eigenvalue weighted by molar-refractivity contribution is -0.141. The Labute approximate surface area is 241 Å². The number of rotatable bonds is 7. The molecule has 1 saturated carbocycles. The maximum absolute atomic E-state index is 12.9. The summed E-state index contributed by atoms with van der Waals surface area (Å²) in [6.45, 7) is 2.03. The van der Waals surface area contributed by atoms with Crippen molar-refractivity contribution in [1.82, 2.24) is 4.98 Å². The molecule has 0 spiro atoms. The van der Waals surface area contributed by atoms with Gasteiger partial charge in [-0.05, 0) is 80.4 Å². The Morgan fingerprint density at radius 1 is 1.00 bits per heavy atom. The Kier molecular flexibility index (Phi) is 7.11. The van der Waals surface area contributed by atoms with Crippen molar-refractivity contribution in [1.29, 1.82) is 0 Å². The van der Waals surface area contributed by atoms with Gasteiger partial charge in [-0.15, -0.1) is 11.3 Å². The number of halogens is 1. The number of hydrogen-bond donors (Lipinski definition) is 2. The van der Waals surface area contributed by atoms with Crippen molar-refractivity contribution in [2.24, 2.45) is 5.41 Å². The molecule has 2 aromatic heterocycles. The Hall–Kier alpha value is -3.68. The van der Waals surface area contributed by atoms with Crippen molar-refractivity contribution in [3.63, 3.8) is 0 Å². The number of pyridine rings is 1. The second-order valence-corrected chi connectivity index (χ2v) is 12.0. The Morgan fingerprint density at radius 2 is 1.70 bits per heavy atom. The number of carbonyl (C=O) groups excluding carboxylic acids is 1. The maximum atomic E-state index is 12.9. The summed E-state index contributed by atoms with van der Waals surface area (Å²) in [7, 11) is 0. The van der Waals surface area contributed by atoms with Gasteiger partial charge in [0.15, 0.2) is 0 Å². The lowest BCUT2D eigenvalue weighted by Crippen LogP contribution is -2.18. The molecular weight excluding hydrogens is 544 g/mol. The SMILES string of the molecule is Cc1ccc2c(NC(=O)OCc3ccccc3Cl)c(C3=CC=C(C4=CC=C(C5(C(=O)O)CC5)CC4)CC3)sc2n1. The van der Waals surface area contributed by atoms with E-state index in [0.29, 0.717) is 10.7 Å². The van der Waals surface area contributed by atoms with Crippen LogP contribution >= 0.6 is 22.9 Å². The number of nitrogens with one attached hydrogen (secondary N) is 1. The molecule has 0 radical (unpaired) electrons. The second kappa shape index (κ2) is 10.7. The number of aromatic nitrogens is 1. The quantitative estimate of drug-likeness (QED) is 0.296. The first-order valence-electron chi connectivity index (χ1n) is 13.5. The molecule has 6 nitrogen and oxygen atoms in total. The monoisotopic (exact) mass is 572 g/mol. The van der Waals surface area contributed by atoms with Gasteiger partial charge >= 0.3 is 12.1 Å². The number of allylic oxidation sites excluding steroid dienone is 7. The first-order chi connectivity index (χ1) is 19.3. The number of carboxylic acid groups (broad SMARTS) is 1. The number of aliphatic carboxylic acids is 1. The van der Waals surface area contributed by atoms with E-state index in [1.54, 1.807) is 17.4 Å². The van der Waals surface area contributed by atoms with E-state index in [0.717, 1.165) is 76.0 Å². The average Bonchev–Trinajstić information content (AvgIpc) is 3.71. The van der Waals surface area contributed by atoms with Gasteiger partial charge in [-0.3, -0.25) is 10.1 Å². The highest BCUT2D eigenvalue weighted by Gasteiger charge is 2.52. The number of amides is 1. The molecule has 3 aliphatic carbocycles. The predicted molar refractivity (Wildman–Crippen MR) is 160 cm³/mol. The number of benzene rings is 1. The first-order valence-corrected chi connectivity index (χ1v) is 14.6. The Morgan fingerprint density at radius 3 is 2.35 bits per heavy atom. The predicted octanol–water partition coefficient (Wildman–Crippen LogP) is 8.62. The van der Waals surface area contributed by atoms with Crippen LogP contribution in [0.15, 0.2) is 77.4 Å². The Bertz CT molecular complexity index is 1660. The van der Waals surface area contributed by atoms with E-state index >= 15 is 0 Å². The summed E-state index contributed by atoms with van der Waals surface area (Å²) < 4.78 is 5.51. The van der Waals surface area contributed by atoms with Gasteiger partial charge in [0.25, 0.3) is 0 Å². The summed E-state index contributed by atoms with van der Waals surface area (Å²) in [5.74, 6) is -0.690. The number of hydrogen-bond acceptors (Lipinski definition) is 5. The molecule has 0 aliphatic heterocycles. The van der Waals surface area contributed by atoms with Crippen molar-refractivity contribution in [2.45, 2.75) is 52.1 Å². The largest absolute Gasteiger partial charge is 0.481 e. The van der Waals surface area contributed by atoms with Gasteiger partial charge in [-0.25, -0.2) is 9.78 Å². The molecular formula is C32H29ClN2O4S. The molecule has 0 atom stereocenters. The van der Waals surface area contributed by atoms with Gasteiger partial charge < -0.3 is 9.84 Å². The lowest BCUT2D eigenvalue weighted by atomic mass is 9.82. The third-order valence-corrected chi connectivity index (χ3v) is 9.56. The molecule has 40 heavy (non-hydrogen) atoms. The third-order valence-electron chi connectivity index (χ3n) is 8.02. The number of carboxylic acids is 1. The van der Waals surface area contributed by atoms with E-state index in [1.165, 1.54) is 11.1 Å². The van der Waals surface area contributed by atoms with Crippen molar-refractivity contribution in [3.8, 4) is 0 Å². The molecule has 1 amide bonds. The van der Waals surface area contributed by atoms with Crippen LogP contribution in [-0.4, -0.2) is 22.2 Å². The number of carbonyl (C=O) groups is 2. The van der Waals surface area contributed by atoms with Crippen LogP contribution in [0.2, 0.25) is 5.02 Å². The van der Waals surface area contributed by atoms with E-state index in [4.69, 9.17) is 21.3 Å². The molecule has 2 N–H and O–H groups in total. The van der Waals surface area contributed by atoms with Gasteiger partial charge in [0.05, 0.1) is 16.0 Å². The van der Waals surface area contributed by atoms with Gasteiger partial charge in [-0.2, -0.15) is 0 Å². The van der Waals surface area contributed by atoms with E-state index < -0.39 is 17.5 Å². The summed E-state index contributed by atoms with van der Waals surface area (Å²) in [4.78, 5) is 31.1. The molecule has 0 unspecified atom stereocenters. The topological polar surface area (TPSA) is 88.5 Å². The maximum Gasteiger partial charge on any atom is 0.412 e. The normalized spacial score (nSPS) is 17.9. The number of fused-ring (bicyclic) bond motifs is 1. The summed E-state index contributed by atoms with van der Waals surface area (Å²) in [5.41, 5.74) is 6.52. The Balaban J connectivity index is 1.24. The zero-order chi connectivity index (χ0) is 27.9. The highest BCUT2D eigenvalue weighted by Crippen LogP contribution is 2.55. The van der Waals surface area contributed by atoms with Gasteiger partial charge in [0.2, 0.25) is 0 Å². The minimum absolute atomic E-state index is 0.0773. The van der Waals surface area contributed by atoms with E-state index in [-0.39, 0.29) is 6.61 Å². The molecule has 2 heterocycles. The van der Waals surface area contributed by atoms with Crippen LogP contribution in [0, 0.1) is 12.3 Å². The molecule has 1 aromatic carbocycles. The fourth-order valence-electron chi connectivity index (χ4n) is 5.51. The van der Waals surface area contributed by atoms with Crippen LogP contribution in [0.3, 0.4) is 0 Å². The highest BCUT2D eigenvalue weighted by atomic mass is 35.5. The molecule has 6 rings (SSSR count). The second-order valence-electron chi connectivity index (χ2n) is 10.6. The number of aryl methyl sites for hydroxylation is 1. The summed E-state index contributed by atoms with van der Waals surface area (Å²) in [6, 6.07) is 11.2. The van der Waals surface area contributed by atoms with Crippen molar-refractivity contribution >= 4 is 56.5 Å². The molecule has 8 heteroatoms. The molecule has 0 bridgehead atoms. The van der Waals surface area contributed by atoms with E-state index in [2.05, 4.69) is 23.5 Å². The number of anilines is 1. The van der Waals surface area contributed by atoms with Crippen LogP contribution in [-0.2, 0) is 16.1 Å². The number of nitrogens with zero attached hydrogens (tertiary/aromatic N) is 1. The summed E-state index contributed by atoms with van der Waals surface area (Å²) >= 11 is 7.79. The third kappa shape index (κ3) is 5.11. The molecule has 1 fully saturated rings.